The Labute approximate surface area is 127 Å². The number of aromatic nitrogens is 2. The summed E-state index contributed by atoms with van der Waals surface area (Å²) in [5.74, 6) is 4.43. The van der Waals surface area contributed by atoms with E-state index in [0.717, 1.165) is 29.9 Å². The van der Waals surface area contributed by atoms with Crippen LogP contribution in [0.1, 0.15) is 18.3 Å². The SMILES string of the molecule is CC1Cc2nc3cc(C#CSI)ccc3c(=O)n2C1. The molecule has 0 radical (unpaired) electrons. The summed E-state index contributed by atoms with van der Waals surface area (Å²) < 4.78 is 1.80. The molecule has 1 atom stereocenters. The van der Waals surface area contributed by atoms with Gasteiger partial charge in [-0.15, -0.1) is 0 Å². The fraction of sp³-hybridized carbons (Fsp3) is 0.286. The minimum absolute atomic E-state index is 0.0760. The van der Waals surface area contributed by atoms with Crippen molar-refractivity contribution in [1.82, 2.24) is 9.55 Å². The molecule has 96 valence electrons. The van der Waals surface area contributed by atoms with Gasteiger partial charge in [0.15, 0.2) is 0 Å². The molecule has 1 aliphatic heterocycles. The third-order valence-electron chi connectivity index (χ3n) is 3.29. The third kappa shape index (κ3) is 2.39. The zero-order valence-electron chi connectivity index (χ0n) is 10.3. The van der Waals surface area contributed by atoms with Crippen molar-refractivity contribution < 1.29 is 0 Å². The Hall–Kier alpha value is -1.00. The molecule has 3 rings (SSSR count). The van der Waals surface area contributed by atoms with E-state index in [1.807, 2.05) is 18.2 Å². The fourth-order valence-corrected chi connectivity index (χ4v) is 2.94. The molecule has 2 aromatic rings. The Balaban J connectivity index is 2.21. The van der Waals surface area contributed by atoms with Crippen LogP contribution < -0.4 is 5.56 Å². The molecular formula is C14H11IN2OS. The summed E-state index contributed by atoms with van der Waals surface area (Å²) in [6.07, 6.45) is 0.880. The molecule has 19 heavy (non-hydrogen) atoms. The molecule has 0 aliphatic carbocycles. The van der Waals surface area contributed by atoms with Gasteiger partial charge in [0.25, 0.3) is 5.56 Å². The summed E-state index contributed by atoms with van der Waals surface area (Å²) in [4.78, 5) is 17.0. The highest BCUT2D eigenvalue weighted by Crippen LogP contribution is 2.19. The summed E-state index contributed by atoms with van der Waals surface area (Å²) in [6.45, 7) is 2.93. The van der Waals surface area contributed by atoms with Crippen LogP contribution in [0.2, 0.25) is 0 Å². The average molecular weight is 382 g/mol. The maximum Gasteiger partial charge on any atom is 0.261 e. The first-order chi connectivity index (χ1) is 9.19. The van der Waals surface area contributed by atoms with E-state index in [-0.39, 0.29) is 5.56 Å². The number of rotatable bonds is 0. The zero-order valence-corrected chi connectivity index (χ0v) is 13.3. The van der Waals surface area contributed by atoms with Crippen molar-refractivity contribution in [2.24, 2.45) is 5.92 Å². The summed E-state index contributed by atoms with van der Waals surface area (Å²) in [5.41, 5.74) is 1.74. The lowest BCUT2D eigenvalue weighted by molar-refractivity contribution is 0.558. The van der Waals surface area contributed by atoms with Gasteiger partial charge in [-0.3, -0.25) is 9.36 Å². The van der Waals surface area contributed by atoms with Crippen molar-refractivity contribution in [3.63, 3.8) is 0 Å². The third-order valence-corrected chi connectivity index (χ3v) is 4.13. The van der Waals surface area contributed by atoms with Gasteiger partial charge in [-0.2, -0.15) is 0 Å². The Morgan fingerprint density at radius 1 is 1.53 bits per heavy atom. The minimum Gasteiger partial charge on any atom is -0.296 e. The first-order valence-electron chi connectivity index (χ1n) is 6.01. The molecule has 1 aromatic heterocycles. The molecule has 2 heterocycles. The molecular weight excluding hydrogens is 371 g/mol. The monoisotopic (exact) mass is 382 g/mol. The van der Waals surface area contributed by atoms with Crippen molar-refractivity contribution >= 4 is 41.0 Å². The molecule has 0 fully saturated rings. The Kier molecular flexibility index (Phi) is 3.54. The van der Waals surface area contributed by atoms with Crippen LogP contribution >= 0.6 is 30.1 Å². The predicted molar refractivity (Wildman–Crippen MR) is 87.4 cm³/mol. The van der Waals surface area contributed by atoms with Gasteiger partial charge in [0.05, 0.1) is 10.9 Å². The quantitative estimate of drug-likeness (QED) is 0.519. The topological polar surface area (TPSA) is 34.9 Å². The minimum atomic E-state index is 0.0760. The van der Waals surface area contributed by atoms with Gasteiger partial charge in [-0.25, -0.2) is 4.98 Å². The summed E-state index contributed by atoms with van der Waals surface area (Å²) in [7, 11) is 1.45. The van der Waals surface area contributed by atoms with Gasteiger partial charge in [0.1, 0.15) is 5.82 Å². The predicted octanol–water partition coefficient (Wildman–Crippen LogP) is 2.98. The van der Waals surface area contributed by atoms with Crippen molar-refractivity contribution in [1.29, 1.82) is 0 Å². The lowest BCUT2D eigenvalue weighted by atomic mass is 10.1. The van der Waals surface area contributed by atoms with Crippen LogP contribution in [-0.4, -0.2) is 9.55 Å². The number of halogens is 1. The normalized spacial score (nSPS) is 17.1. The molecule has 1 unspecified atom stereocenters. The van der Waals surface area contributed by atoms with Gasteiger partial charge >= 0.3 is 0 Å². The van der Waals surface area contributed by atoms with E-state index in [2.05, 4.69) is 44.3 Å². The lowest BCUT2D eigenvalue weighted by Gasteiger charge is -2.04. The average Bonchev–Trinajstić information content (AvgIpc) is 2.77. The molecule has 0 spiro atoms. The van der Waals surface area contributed by atoms with E-state index in [9.17, 15) is 4.79 Å². The van der Waals surface area contributed by atoms with E-state index < -0.39 is 0 Å². The van der Waals surface area contributed by atoms with Gasteiger partial charge < -0.3 is 0 Å². The van der Waals surface area contributed by atoms with Crippen LogP contribution in [-0.2, 0) is 13.0 Å². The molecule has 0 bridgehead atoms. The molecule has 0 N–H and O–H groups in total. The highest BCUT2D eigenvalue weighted by atomic mass is 127. The second kappa shape index (κ2) is 5.17. The van der Waals surface area contributed by atoms with Gasteiger partial charge in [-0.1, -0.05) is 12.8 Å². The van der Waals surface area contributed by atoms with Crippen molar-refractivity contribution in [2.75, 3.05) is 0 Å². The smallest absolute Gasteiger partial charge is 0.261 e. The van der Waals surface area contributed by atoms with E-state index >= 15 is 0 Å². The number of nitrogens with zero attached hydrogens (tertiary/aromatic N) is 2. The van der Waals surface area contributed by atoms with E-state index in [1.165, 1.54) is 8.93 Å². The second-order valence-electron chi connectivity index (χ2n) is 4.79. The highest BCUT2D eigenvalue weighted by molar-refractivity contribution is 14.2. The van der Waals surface area contributed by atoms with E-state index in [1.54, 1.807) is 4.57 Å². The van der Waals surface area contributed by atoms with Gasteiger partial charge in [-0.05, 0) is 38.3 Å². The maximum absolute atomic E-state index is 12.4. The van der Waals surface area contributed by atoms with Crippen molar-refractivity contribution in [2.45, 2.75) is 19.9 Å². The molecule has 5 heteroatoms. The number of hydrogen-bond donors (Lipinski definition) is 0. The summed E-state index contributed by atoms with van der Waals surface area (Å²) >= 11 is 2.14. The second-order valence-corrected chi connectivity index (χ2v) is 6.47. The van der Waals surface area contributed by atoms with Gasteiger partial charge in [0.2, 0.25) is 0 Å². The van der Waals surface area contributed by atoms with Crippen LogP contribution in [0.4, 0.5) is 0 Å². The van der Waals surface area contributed by atoms with E-state index in [0.29, 0.717) is 11.3 Å². The number of benzene rings is 1. The molecule has 3 nitrogen and oxygen atoms in total. The zero-order chi connectivity index (χ0) is 13.4. The Morgan fingerprint density at radius 3 is 3.16 bits per heavy atom. The van der Waals surface area contributed by atoms with Crippen LogP contribution in [0.15, 0.2) is 23.0 Å². The van der Waals surface area contributed by atoms with Crippen molar-refractivity contribution in [3.05, 3.63) is 39.9 Å². The maximum atomic E-state index is 12.4. The van der Waals surface area contributed by atoms with Crippen LogP contribution in [0.5, 0.6) is 0 Å². The summed E-state index contributed by atoms with van der Waals surface area (Å²) in [6, 6.07) is 5.62. The summed E-state index contributed by atoms with van der Waals surface area (Å²) in [5, 5.41) is 3.63. The Bertz CT molecular complexity index is 773. The number of hydrogen-bond acceptors (Lipinski definition) is 3. The Morgan fingerprint density at radius 2 is 2.37 bits per heavy atom. The standard InChI is InChI=1S/C14H11IN2OS/c1-9-6-13-16-12-7-10(4-5-19-15)2-3-11(12)14(18)17(13)8-9/h2-3,7,9H,6,8H2,1H3. The largest absolute Gasteiger partial charge is 0.296 e. The lowest BCUT2D eigenvalue weighted by Crippen LogP contribution is -2.21. The fourth-order valence-electron chi connectivity index (χ4n) is 2.45. The highest BCUT2D eigenvalue weighted by Gasteiger charge is 2.21. The van der Waals surface area contributed by atoms with Crippen molar-refractivity contribution in [3.8, 4) is 11.2 Å². The molecule has 0 amide bonds. The first-order valence-corrected chi connectivity index (χ1v) is 9.37. The van der Waals surface area contributed by atoms with Crippen LogP contribution in [0, 0.1) is 17.1 Å². The van der Waals surface area contributed by atoms with Crippen LogP contribution in [0.3, 0.4) is 0 Å². The molecule has 0 saturated heterocycles. The van der Waals surface area contributed by atoms with Crippen LogP contribution in [0.25, 0.3) is 10.9 Å². The molecule has 0 saturated carbocycles. The molecule has 1 aliphatic rings. The van der Waals surface area contributed by atoms with Gasteiger partial charge in [0, 0.05) is 39.7 Å². The number of fused-ring (bicyclic) bond motifs is 2. The van der Waals surface area contributed by atoms with E-state index in [4.69, 9.17) is 0 Å². The first kappa shape index (κ1) is 13.0. The molecule has 1 aromatic carbocycles.